The summed E-state index contributed by atoms with van der Waals surface area (Å²) in [6, 6.07) is 13.4. The van der Waals surface area contributed by atoms with Gasteiger partial charge in [0.25, 0.3) is 5.91 Å². The number of carbonyl (C=O) groups excluding carboxylic acids is 2. The second kappa shape index (κ2) is 8.26. The quantitative estimate of drug-likeness (QED) is 0.622. The van der Waals surface area contributed by atoms with Gasteiger partial charge < -0.3 is 24.7 Å². The first kappa shape index (κ1) is 20.3. The summed E-state index contributed by atoms with van der Waals surface area (Å²) in [7, 11) is 3.97. The van der Waals surface area contributed by atoms with E-state index in [4.69, 9.17) is 15.2 Å². The summed E-state index contributed by atoms with van der Waals surface area (Å²) in [6.07, 6.45) is 0. The number of hydrogen-bond donors (Lipinski definition) is 1. The van der Waals surface area contributed by atoms with E-state index >= 15 is 0 Å². The molecule has 0 aliphatic heterocycles. The minimum Gasteiger partial charge on any atom is -0.484 e. The van der Waals surface area contributed by atoms with E-state index in [-0.39, 0.29) is 13.2 Å². The molecule has 0 bridgehead atoms. The van der Waals surface area contributed by atoms with Crippen LogP contribution in [-0.2, 0) is 9.53 Å². The molecule has 29 heavy (non-hydrogen) atoms. The van der Waals surface area contributed by atoms with Gasteiger partial charge in [-0.1, -0.05) is 0 Å². The molecule has 0 aliphatic carbocycles. The Kier molecular flexibility index (Phi) is 5.77. The Morgan fingerprint density at radius 3 is 2.38 bits per heavy atom. The predicted octanol–water partition coefficient (Wildman–Crippen LogP) is 3.05. The molecule has 3 aromatic rings. The summed E-state index contributed by atoms with van der Waals surface area (Å²) < 4.78 is 12.7. The number of anilines is 1. The molecule has 0 fully saturated rings. The SMILES string of the molecule is CCOC(=O)c1c(C)n(-c2ccc(N(C)C)cc2)c2ccc(OCC(N)=O)cc12. The van der Waals surface area contributed by atoms with Gasteiger partial charge in [0.15, 0.2) is 6.61 Å². The number of fused-ring (bicyclic) bond motifs is 1. The summed E-state index contributed by atoms with van der Waals surface area (Å²) in [6.45, 7) is 3.70. The summed E-state index contributed by atoms with van der Waals surface area (Å²) in [5.41, 5.74) is 9.26. The van der Waals surface area contributed by atoms with Gasteiger partial charge >= 0.3 is 5.97 Å². The lowest BCUT2D eigenvalue weighted by molar-refractivity contribution is -0.119. The van der Waals surface area contributed by atoms with Gasteiger partial charge in [0.2, 0.25) is 0 Å². The second-order valence-electron chi connectivity index (χ2n) is 6.86. The maximum atomic E-state index is 12.7. The van der Waals surface area contributed by atoms with E-state index in [0.29, 0.717) is 16.7 Å². The number of hydrogen-bond acceptors (Lipinski definition) is 5. The van der Waals surface area contributed by atoms with Crippen molar-refractivity contribution >= 4 is 28.5 Å². The van der Waals surface area contributed by atoms with E-state index in [1.807, 2.05) is 60.8 Å². The first-order chi connectivity index (χ1) is 13.8. The minimum atomic E-state index is -0.564. The molecule has 152 valence electrons. The zero-order chi connectivity index (χ0) is 21.1. The third-order valence-corrected chi connectivity index (χ3v) is 4.66. The highest BCUT2D eigenvalue weighted by atomic mass is 16.5. The molecule has 0 unspecified atom stereocenters. The Morgan fingerprint density at radius 2 is 1.79 bits per heavy atom. The molecule has 2 N–H and O–H groups in total. The lowest BCUT2D eigenvalue weighted by Gasteiger charge is -2.14. The number of primary amides is 1. The minimum absolute atomic E-state index is 0.230. The molecule has 3 rings (SSSR count). The number of aromatic nitrogens is 1. The van der Waals surface area contributed by atoms with Crippen molar-refractivity contribution in [1.29, 1.82) is 0 Å². The fraction of sp³-hybridized carbons (Fsp3) is 0.273. The van der Waals surface area contributed by atoms with Crippen LogP contribution in [0.2, 0.25) is 0 Å². The summed E-state index contributed by atoms with van der Waals surface area (Å²) in [4.78, 5) is 25.7. The van der Waals surface area contributed by atoms with Crippen LogP contribution < -0.4 is 15.4 Å². The number of amides is 1. The normalized spacial score (nSPS) is 10.8. The predicted molar refractivity (Wildman–Crippen MR) is 113 cm³/mol. The van der Waals surface area contributed by atoms with Crippen molar-refractivity contribution in [2.75, 3.05) is 32.2 Å². The van der Waals surface area contributed by atoms with Gasteiger partial charge in [0, 0.05) is 36.6 Å². The van der Waals surface area contributed by atoms with Crippen molar-refractivity contribution < 1.29 is 19.1 Å². The highest BCUT2D eigenvalue weighted by Crippen LogP contribution is 2.33. The van der Waals surface area contributed by atoms with Gasteiger partial charge in [-0.25, -0.2) is 4.79 Å². The molecule has 0 aliphatic rings. The lowest BCUT2D eigenvalue weighted by atomic mass is 10.1. The first-order valence-corrected chi connectivity index (χ1v) is 9.34. The summed E-state index contributed by atoms with van der Waals surface area (Å²) in [5, 5.41) is 0.694. The number of benzene rings is 2. The Bertz CT molecular complexity index is 1050. The second-order valence-corrected chi connectivity index (χ2v) is 6.86. The van der Waals surface area contributed by atoms with Crippen LogP contribution in [0.3, 0.4) is 0 Å². The molecule has 1 heterocycles. The molecule has 7 nitrogen and oxygen atoms in total. The monoisotopic (exact) mass is 395 g/mol. The van der Waals surface area contributed by atoms with E-state index in [0.717, 1.165) is 22.6 Å². The van der Waals surface area contributed by atoms with Crippen molar-refractivity contribution in [3.05, 3.63) is 53.7 Å². The third kappa shape index (κ3) is 4.03. The Balaban J connectivity index is 2.17. The van der Waals surface area contributed by atoms with Gasteiger partial charge in [-0.2, -0.15) is 0 Å². The number of nitrogens with zero attached hydrogens (tertiary/aromatic N) is 2. The Morgan fingerprint density at radius 1 is 1.10 bits per heavy atom. The zero-order valence-electron chi connectivity index (χ0n) is 17.1. The average molecular weight is 395 g/mol. The molecule has 7 heteroatoms. The average Bonchev–Trinajstić information content (AvgIpc) is 2.97. The largest absolute Gasteiger partial charge is 0.484 e. The van der Waals surface area contributed by atoms with Crippen LogP contribution in [0.25, 0.3) is 16.6 Å². The maximum Gasteiger partial charge on any atom is 0.340 e. The number of esters is 1. The van der Waals surface area contributed by atoms with E-state index in [1.165, 1.54) is 0 Å². The molecule has 2 aromatic carbocycles. The van der Waals surface area contributed by atoms with Gasteiger partial charge in [-0.05, 0) is 56.3 Å². The maximum absolute atomic E-state index is 12.7. The van der Waals surface area contributed by atoms with Crippen LogP contribution >= 0.6 is 0 Å². The molecular formula is C22H25N3O4. The summed E-state index contributed by atoms with van der Waals surface area (Å²) in [5.74, 6) is -0.502. The highest BCUT2D eigenvalue weighted by Gasteiger charge is 2.22. The van der Waals surface area contributed by atoms with Crippen LogP contribution in [0.4, 0.5) is 5.69 Å². The Hall–Kier alpha value is -3.48. The van der Waals surface area contributed by atoms with E-state index in [2.05, 4.69) is 0 Å². The zero-order valence-corrected chi connectivity index (χ0v) is 17.1. The molecule has 1 amide bonds. The Labute approximate surface area is 169 Å². The van der Waals surface area contributed by atoms with Gasteiger partial charge in [-0.15, -0.1) is 0 Å². The third-order valence-electron chi connectivity index (χ3n) is 4.66. The number of nitrogens with two attached hydrogens (primary N) is 1. The molecule has 0 atom stereocenters. The topological polar surface area (TPSA) is 86.8 Å². The smallest absolute Gasteiger partial charge is 0.340 e. The fourth-order valence-electron chi connectivity index (χ4n) is 3.34. The van der Waals surface area contributed by atoms with Crippen molar-refractivity contribution in [2.45, 2.75) is 13.8 Å². The van der Waals surface area contributed by atoms with Gasteiger partial charge in [-0.3, -0.25) is 4.79 Å². The molecular weight excluding hydrogens is 370 g/mol. The number of carbonyl (C=O) groups is 2. The van der Waals surface area contributed by atoms with Crippen molar-refractivity contribution in [3.63, 3.8) is 0 Å². The van der Waals surface area contributed by atoms with Crippen LogP contribution in [0.15, 0.2) is 42.5 Å². The van der Waals surface area contributed by atoms with Crippen molar-refractivity contribution in [3.8, 4) is 11.4 Å². The first-order valence-electron chi connectivity index (χ1n) is 9.34. The van der Waals surface area contributed by atoms with E-state index in [9.17, 15) is 9.59 Å². The van der Waals surface area contributed by atoms with Gasteiger partial charge in [0.05, 0.1) is 17.7 Å². The van der Waals surface area contributed by atoms with Crippen molar-refractivity contribution in [1.82, 2.24) is 4.57 Å². The number of rotatable bonds is 7. The molecule has 0 radical (unpaired) electrons. The lowest BCUT2D eigenvalue weighted by Crippen LogP contribution is -2.19. The molecule has 1 aromatic heterocycles. The van der Waals surface area contributed by atoms with Crippen LogP contribution in [0, 0.1) is 6.92 Å². The fourth-order valence-corrected chi connectivity index (χ4v) is 3.34. The standard InChI is InChI=1S/C22H25N3O4/c1-5-28-22(27)21-14(2)25(16-8-6-15(7-9-16)24(3)4)19-11-10-17(12-18(19)21)29-13-20(23)26/h6-12H,5,13H2,1-4H3,(H2,23,26). The molecule has 0 saturated carbocycles. The van der Waals surface area contributed by atoms with Gasteiger partial charge in [0.1, 0.15) is 5.75 Å². The van der Waals surface area contributed by atoms with Crippen molar-refractivity contribution in [2.24, 2.45) is 5.73 Å². The molecule has 0 spiro atoms. The van der Waals surface area contributed by atoms with E-state index in [1.54, 1.807) is 19.1 Å². The highest BCUT2D eigenvalue weighted by molar-refractivity contribution is 6.07. The summed E-state index contributed by atoms with van der Waals surface area (Å²) >= 11 is 0. The molecule has 0 saturated heterocycles. The number of ether oxygens (including phenoxy) is 2. The van der Waals surface area contributed by atoms with Crippen LogP contribution in [-0.4, -0.2) is 43.8 Å². The van der Waals surface area contributed by atoms with Crippen LogP contribution in [0.5, 0.6) is 5.75 Å². The van der Waals surface area contributed by atoms with Crippen LogP contribution in [0.1, 0.15) is 23.0 Å². The van der Waals surface area contributed by atoms with E-state index < -0.39 is 11.9 Å².